The topological polar surface area (TPSA) is 18.1 Å². The lowest BCUT2D eigenvalue weighted by atomic mass is 9.84. The molecule has 9 rings (SSSR count). The molecule has 0 aliphatic rings. The third kappa shape index (κ3) is 3.74. The van der Waals surface area contributed by atoms with Crippen LogP contribution >= 0.6 is 15.9 Å². The molecule has 0 radical (unpaired) electrons. The Bertz CT molecular complexity index is 2770. The minimum atomic E-state index is 0.0242. The van der Waals surface area contributed by atoms with Gasteiger partial charge in [-0.25, -0.2) is 0 Å². The predicted octanol–water partition coefficient (Wildman–Crippen LogP) is 12.7. The fraction of sp³-hybridized carbons (Fsp3) is 0.302. The summed E-state index contributed by atoms with van der Waals surface area (Å²) in [6.07, 6.45) is 0. The van der Waals surface area contributed by atoms with Gasteiger partial charge in [0.15, 0.2) is 0 Å². The smallest absolute Gasteiger partial charge is 0.143 e. The van der Waals surface area contributed by atoms with Crippen LogP contribution in [0.3, 0.4) is 0 Å². The molecular weight excluding hydrogens is 640 g/mol. The van der Waals surface area contributed by atoms with E-state index in [4.69, 9.17) is 4.74 Å². The normalized spacial score (nSPS) is 13.9. The van der Waals surface area contributed by atoms with E-state index in [1.807, 2.05) is 0 Å². The summed E-state index contributed by atoms with van der Waals surface area (Å²) in [6, 6.07) is 26.2. The Balaban J connectivity index is 1.51. The molecule has 0 amide bonds. The van der Waals surface area contributed by atoms with Gasteiger partial charge in [-0.15, -0.1) is 0 Å². The van der Waals surface area contributed by atoms with Gasteiger partial charge in [0.05, 0.1) is 50.1 Å². The minimum absolute atomic E-state index is 0.0242. The molecular formula is C43H41BrN2O. The Kier molecular flexibility index (Phi) is 5.52. The van der Waals surface area contributed by atoms with Crippen LogP contribution in [-0.2, 0) is 16.2 Å². The molecule has 0 saturated carbocycles. The van der Waals surface area contributed by atoms with Crippen molar-refractivity contribution < 1.29 is 4.74 Å². The zero-order valence-electron chi connectivity index (χ0n) is 29.0. The molecule has 4 aromatic heterocycles. The molecule has 5 aromatic carbocycles. The number of benzene rings is 5. The second kappa shape index (κ2) is 8.90. The molecule has 0 aliphatic carbocycles. The Hall–Kier alpha value is -4.02. The number of halogens is 1. The van der Waals surface area contributed by atoms with Crippen molar-refractivity contribution in [1.29, 1.82) is 0 Å². The third-order valence-corrected chi connectivity index (χ3v) is 11.4. The van der Waals surface area contributed by atoms with E-state index in [0.717, 1.165) is 10.2 Å². The van der Waals surface area contributed by atoms with Crippen LogP contribution in [0.4, 0.5) is 0 Å². The van der Waals surface area contributed by atoms with Gasteiger partial charge in [0.1, 0.15) is 5.75 Å². The lowest BCUT2D eigenvalue weighted by Gasteiger charge is -2.20. The zero-order chi connectivity index (χ0) is 33.1. The molecule has 0 unspecified atom stereocenters. The Morgan fingerprint density at radius 1 is 0.468 bits per heavy atom. The molecule has 9 aromatic rings. The van der Waals surface area contributed by atoms with E-state index in [0.29, 0.717) is 0 Å². The molecule has 0 saturated heterocycles. The van der Waals surface area contributed by atoms with Crippen molar-refractivity contribution in [2.45, 2.75) is 78.6 Å². The highest BCUT2D eigenvalue weighted by molar-refractivity contribution is 9.10. The van der Waals surface area contributed by atoms with Gasteiger partial charge < -0.3 is 13.5 Å². The zero-order valence-corrected chi connectivity index (χ0v) is 30.6. The van der Waals surface area contributed by atoms with Crippen LogP contribution in [0, 0.1) is 0 Å². The number of aromatic nitrogens is 2. The molecule has 47 heavy (non-hydrogen) atoms. The van der Waals surface area contributed by atoms with Gasteiger partial charge in [-0.3, -0.25) is 0 Å². The first-order valence-electron chi connectivity index (χ1n) is 16.8. The van der Waals surface area contributed by atoms with Crippen LogP contribution in [0.2, 0.25) is 0 Å². The van der Waals surface area contributed by atoms with Crippen molar-refractivity contribution in [1.82, 2.24) is 8.80 Å². The average Bonchev–Trinajstić information content (AvgIpc) is 3.70. The highest BCUT2D eigenvalue weighted by Gasteiger charge is 2.28. The van der Waals surface area contributed by atoms with Crippen molar-refractivity contribution in [2.75, 3.05) is 7.11 Å². The highest BCUT2D eigenvalue weighted by Crippen LogP contribution is 2.50. The van der Waals surface area contributed by atoms with Crippen molar-refractivity contribution in [3.8, 4) is 5.75 Å². The van der Waals surface area contributed by atoms with E-state index < -0.39 is 0 Å². The van der Waals surface area contributed by atoms with E-state index in [1.165, 1.54) is 92.9 Å². The number of hydrogen-bond donors (Lipinski definition) is 0. The van der Waals surface area contributed by atoms with Gasteiger partial charge in [-0.05, 0) is 103 Å². The van der Waals surface area contributed by atoms with E-state index in [9.17, 15) is 0 Å². The molecule has 0 atom stereocenters. The lowest BCUT2D eigenvalue weighted by molar-refractivity contribution is 0.417. The molecule has 0 bridgehead atoms. The van der Waals surface area contributed by atoms with Gasteiger partial charge in [0.25, 0.3) is 0 Å². The van der Waals surface area contributed by atoms with Gasteiger partial charge in [-0.2, -0.15) is 0 Å². The lowest BCUT2D eigenvalue weighted by Crippen LogP contribution is -2.11. The summed E-state index contributed by atoms with van der Waals surface area (Å²) in [5, 5.41) is 10.3. The summed E-state index contributed by atoms with van der Waals surface area (Å²) in [5.41, 5.74) is 11.7. The first kappa shape index (κ1) is 29.1. The summed E-state index contributed by atoms with van der Waals surface area (Å²) in [6.45, 7) is 20.8. The van der Waals surface area contributed by atoms with Crippen LogP contribution in [0.15, 0.2) is 71.2 Å². The van der Waals surface area contributed by atoms with Crippen LogP contribution in [0.5, 0.6) is 5.75 Å². The van der Waals surface area contributed by atoms with Gasteiger partial charge >= 0.3 is 0 Å². The first-order valence-corrected chi connectivity index (χ1v) is 17.5. The molecule has 0 fully saturated rings. The van der Waals surface area contributed by atoms with Crippen LogP contribution in [0.25, 0.3) is 76.2 Å². The number of fused-ring (bicyclic) bond motifs is 12. The molecule has 236 valence electrons. The van der Waals surface area contributed by atoms with Crippen molar-refractivity contribution >= 4 is 92.1 Å². The number of hydrogen-bond acceptors (Lipinski definition) is 1. The number of nitrogens with zero attached hydrogens (tertiary/aromatic N) is 2. The summed E-state index contributed by atoms with van der Waals surface area (Å²) >= 11 is 3.92. The van der Waals surface area contributed by atoms with Crippen molar-refractivity contribution in [3.05, 3.63) is 87.9 Å². The summed E-state index contributed by atoms with van der Waals surface area (Å²) in [4.78, 5) is 0. The molecule has 0 aliphatic heterocycles. The van der Waals surface area contributed by atoms with Crippen molar-refractivity contribution in [2.24, 2.45) is 0 Å². The molecule has 3 nitrogen and oxygen atoms in total. The Morgan fingerprint density at radius 2 is 0.915 bits per heavy atom. The minimum Gasteiger partial charge on any atom is -0.495 e. The first-order chi connectivity index (χ1) is 22.1. The number of methoxy groups -OCH3 is 1. The van der Waals surface area contributed by atoms with Crippen LogP contribution in [0.1, 0.15) is 79.0 Å². The summed E-state index contributed by atoms with van der Waals surface area (Å²) in [7, 11) is 1.78. The predicted molar refractivity (Wildman–Crippen MR) is 206 cm³/mol. The molecule has 4 heteroatoms. The second-order valence-corrected chi connectivity index (χ2v) is 17.7. The van der Waals surface area contributed by atoms with E-state index >= 15 is 0 Å². The maximum Gasteiger partial charge on any atom is 0.143 e. The second-order valence-electron chi connectivity index (χ2n) is 16.9. The fourth-order valence-corrected chi connectivity index (χ4v) is 8.75. The molecule has 4 heterocycles. The van der Waals surface area contributed by atoms with E-state index in [2.05, 4.69) is 154 Å². The van der Waals surface area contributed by atoms with Crippen molar-refractivity contribution in [3.63, 3.8) is 0 Å². The maximum atomic E-state index is 6.10. The van der Waals surface area contributed by atoms with Gasteiger partial charge in [-0.1, -0.05) is 74.4 Å². The van der Waals surface area contributed by atoms with Crippen LogP contribution < -0.4 is 4.74 Å². The van der Waals surface area contributed by atoms with Gasteiger partial charge in [0, 0.05) is 37.7 Å². The van der Waals surface area contributed by atoms with Crippen LogP contribution in [-0.4, -0.2) is 15.9 Å². The monoisotopic (exact) mass is 680 g/mol. The average molecular weight is 682 g/mol. The third-order valence-electron chi connectivity index (χ3n) is 10.8. The van der Waals surface area contributed by atoms with E-state index in [1.54, 1.807) is 7.11 Å². The Labute approximate surface area is 283 Å². The highest BCUT2D eigenvalue weighted by atomic mass is 79.9. The standard InChI is InChI=1S/C43H41BrN2O/c1-41(2,3)22-11-13-33-25(15-22)28-17-24(43(7,8)9)18-29-26-19-27-30-20-32(44)40(47-10)37-31-16-23(42(4,5)6)12-14-34(31)46(39(30)37)36(27)21-35(26)45(33)38(28)29/h11-21H,1-10H3. The Morgan fingerprint density at radius 3 is 1.45 bits per heavy atom. The largest absolute Gasteiger partial charge is 0.495 e. The molecule has 0 N–H and O–H groups in total. The number of rotatable bonds is 1. The SMILES string of the molecule is COc1c(Br)cc2c3cc4c5cc(C(C)(C)C)cc6c7cc(C(C)(C)C)ccc7n(c4cc3n3c4ccc(C(C)(C)C)cc4c1c23)c65. The quantitative estimate of drug-likeness (QED) is 0.169. The summed E-state index contributed by atoms with van der Waals surface area (Å²) < 4.78 is 12.1. The van der Waals surface area contributed by atoms with E-state index in [-0.39, 0.29) is 16.2 Å². The van der Waals surface area contributed by atoms with Gasteiger partial charge in [0.2, 0.25) is 0 Å². The maximum absolute atomic E-state index is 6.10. The fourth-order valence-electron chi connectivity index (χ4n) is 8.16. The summed E-state index contributed by atoms with van der Waals surface area (Å²) in [5.74, 6) is 0.895. The molecule has 0 spiro atoms. The number of ether oxygens (including phenoxy) is 1.